The average Bonchev–Trinajstić information content (AvgIpc) is 3.14. The first-order chi connectivity index (χ1) is 14.8. The lowest BCUT2D eigenvalue weighted by Gasteiger charge is -2.12. The molecule has 0 spiro atoms. The SMILES string of the molecule is [2H]C([2H])(c1cc[n+](C)c(-c2c(C)c3ccccc3c3c2oc2ccccc23)c1)C(C)C. The highest BCUT2D eigenvalue weighted by atomic mass is 16.3. The van der Waals surface area contributed by atoms with Gasteiger partial charge in [0.1, 0.15) is 18.2 Å². The molecular weight excluding hydrogens is 354 g/mol. The van der Waals surface area contributed by atoms with Crippen LogP contribution >= 0.6 is 0 Å². The predicted octanol–water partition coefficient (Wildman–Crippen LogP) is 6.74. The van der Waals surface area contributed by atoms with Gasteiger partial charge in [-0.25, -0.2) is 4.57 Å². The van der Waals surface area contributed by atoms with Crippen LogP contribution in [-0.4, -0.2) is 0 Å². The zero-order valence-corrected chi connectivity index (χ0v) is 17.3. The summed E-state index contributed by atoms with van der Waals surface area (Å²) in [4.78, 5) is 0. The van der Waals surface area contributed by atoms with Crippen LogP contribution in [0.15, 0.2) is 71.3 Å². The van der Waals surface area contributed by atoms with Crippen molar-refractivity contribution in [3.8, 4) is 11.3 Å². The van der Waals surface area contributed by atoms with Gasteiger partial charge in [-0.3, -0.25) is 0 Å². The number of aromatic nitrogens is 1. The lowest BCUT2D eigenvalue weighted by molar-refractivity contribution is -0.660. The first-order valence-electron chi connectivity index (χ1n) is 11.1. The lowest BCUT2D eigenvalue weighted by Crippen LogP contribution is -2.31. The molecule has 5 aromatic rings. The molecule has 2 heterocycles. The number of hydrogen-bond acceptors (Lipinski definition) is 1. The summed E-state index contributed by atoms with van der Waals surface area (Å²) < 4.78 is 25.7. The number of nitrogens with zero attached hydrogens (tertiary/aromatic N) is 1. The van der Waals surface area contributed by atoms with E-state index < -0.39 is 6.37 Å². The Hall–Kier alpha value is -3.13. The Labute approximate surface area is 174 Å². The van der Waals surface area contributed by atoms with Crippen LogP contribution in [0.3, 0.4) is 0 Å². The van der Waals surface area contributed by atoms with Gasteiger partial charge in [-0.1, -0.05) is 56.3 Å². The summed E-state index contributed by atoms with van der Waals surface area (Å²) in [5, 5.41) is 4.59. The van der Waals surface area contributed by atoms with Crippen molar-refractivity contribution in [1.29, 1.82) is 0 Å². The zero-order valence-electron chi connectivity index (χ0n) is 19.3. The van der Waals surface area contributed by atoms with Crippen LogP contribution in [0.25, 0.3) is 44.0 Å². The van der Waals surface area contributed by atoms with Gasteiger partial charge in [-0.2, -0.15) is 0 Å². The van der Waals surface area contributed by atoms with E-state index in [1.807, 2.05) is 57.4 Å². The molecule has 29 heavy (non-hydrogen) atoms. The number of benzene rings is 3. The number of para-hydroxylation sites is 1. The van der Waals surface area contributed by atoms with Gasteiger partial charge in [-0.15, -0.1) is 0 Å². The van der Waals surface area contributed by atoms with E-state index in [0.717, 1.165) is 38.8 Å². The van der Waals surface area contributed by atoms with E-state index in [9.17, 15) is 0 Å². The van der Waals surface area contributed by atoms with E-state index in [1.54, 1.807) is 0 Å². The van der Waals surface area contributed by atoms with Crippen molar-refractivity contribution in [3.05, 3.63) is 78.0 Å². The minimum absolute atomic E-state index is 0.128. The number of rotatable bonds is 3. The quantitative estimate of drug-likeness (QED) is 0.316. The largest absolute Gasteiger partial charge is 0.455 e. The molecule has 0 bridgehead atoms. The molecular formula is C27H26NO+. The van der Waals surface area contributed by atoms with Gasteiger partial charge in [0, 0.05) is 25.6 Å². The fourth-order valence-corrected chi connectivity index (χ4v) is 4.37. The molecule has 0 radical (unpaired) electrons. The molecule has 2 nitrogen and oxygen atoms in total. The van der Waals surface area contributed by atoms with Gasteiger partial charge >= 0.3 is 0 Å². The minimum Gasteiger partial charge on any atom is -0.455 e. The number of furan rings is 1. The Kier molecular flexibility index (Phi) is 3.66. The van der Waals surface area contributed by atoms with Crippen molar-refractivity contribution < 1.29 is 11.7 Å². The molecule has 0 saturated heterocycles. The van der Waals surface area contributed by atoms with E-state index in [0.29, 0.717) is 5.56 Å². The number of pyridine rings is 1. The fourth-order valence-electron chi connectivity index (χ4n) is 4.37. The monoisotopic (exact) mass is 382 g/mol. The maximum Gasteiger partial charge on any atom is 0.216 e. The second-order valence-electron chi connectivity index (χ2n) is 8.06. The number of hydrogen-bond donors (Lipinski definition) is 0. The molecule has 144 valence electrons. The van der Waals surface area contributed by atoms with Gasteiger partial charge in [0.25, 0.3) is 0 Å². The molecule has 0 saturated carbocycles. The Morgan fingerprint density at radius 2 is 1.66 bits per heavy atom. The van der Waals surface area contributed by atoms with E-state index >= 15 is 0 Å². The molecule has 0 fully saturated rings. The normalized spacial score (nSPS) is 13.4. The molecule has 0 aliphatic rings. The predicted molar refractivity (Wildman–Crippen MR) is 121 cm³/mol. The standard InChI is InChI=1S/C27H26NO/c1-17(2)15-19-13-14-28(4)23(16-19)25-18(3)20-9-5-6-10-21(20)26-22-11-7-8-12-24(22)29-27(25)26/h5-14,16-17H,15H2,1-4H3/q+1/i15D2. The van der Waals surface area contributed by atoms with E-state index in [-0.39, 0.29) is 5.92 Å². The topological polar surface area (TPSA) is 17.0 Å². The minimum atomic E-state index is -1.42. The molecule has 2 aromatic heterocycles. The summed E-state index contributed by atoms with van der Waals surface area (Å²) in [6, 6.07) is 20.5. The van der Waals surface area contributed by atoms with Gasteiger partial charge in [0.05, 0.1) is 5.56 Å². The van der Waals surface area contributed by atoms with Crippen molar-refractivity contribution >= 4 is 32.7 Å². The Morgan fingerprint density at radius 1 is 0.966 bits per heavy atom. The summed E-state index contributed by atoms with van der Waals surface area (Å²) >= 11 is 0. The highest BCUT2D eigenvalue weighted by Crippen LogP contribution is 2.42. The highest BCUT2D eigenvalue weighted by molar-refractivity contribution is 6.23. The second-order valence-corrected chi connectivity index (χ2v) is 8.06. The third-order valence-corrected chi connectivity index (χ3v) is 5.66. The number of fused-ring (bicyclic) bond motifs is 5. The van der Waals surface area contributed by atoms with Gasteiger partial charge in [-0.05, 0) is 47.2 Å². The van der Waals surface area contributed by atoms with E-state index in [4.69, 9.17) is 7.16 Å². The van der Waals surface area contributed by atoms with Crippen LogP contribution in [0.4, 0.5) is 0 Å². The fraction of sp³-hybridized carbons (Fsp3) is 0.222. The van der Waals surface area contributed by atoms with Gasteiger partial charge in [0.15, 0.2) is 6.20 Å². The van der Waals surface area contributed by atoms with Crippen LogP contribution < -0.4 is 4.57 Å². The molecule has 3 aromatic carbocycles. The zero-order chi connectivity index (χ0) is 21.9. The third-order valence-electron chi connectivity index (χ3n) is 5.66. The van der Waals surface area contributed by atoms with Crippen LogP contribution in [0.1, 0.15) is 27.7 Å². The molecule has 0 unspecified atom stereocenters. The molecule has 2 heteroatoms. The van der Waals surface area contributed by atoms with Crippen LogP contribution in [-0.2, 0) is 13.4 Å². The van der Waals surface area contributed by atoms with Crippen molar-refractivity contribution in [3.63, 3.8) is 0 Å². The van der Waals surface area contributed by atoms with E-state index in [2.05, 4.69) is 41.8 Å². The van der Waals surface area contributed by atoms with Crippen LogP contribution in [0.2, 0.25) is 0 Å². The molecule has 0 amide bonds. The summed E-state index contributed by atoms with van der Waals surface area (Å²) in [5.41, 5.74) is 5.52. The van der Waals surface area contributed by atoms with Crippen molar-refractivity contribution in [2.45, 2.75) is 27.1 Å². The first kappa shape index (κ1) is 15.8. The molecule has 0 N–H and O–H groups in total. The Morgan fingerprint density at radius 3 is 2.41 bits per heavy atom. The highest BCUT2D eigenvalue weighted by Gasteiger charge is 2.24. The second kappa shape index (κ2) is 6.73. The van der Waals surface area contributed by atoms with Gasteiger partial charge < -0.3 is 4.42 Å². The molecule has 0 aliphatic heterocycles. The summed E-state index contributed by atoms with van der Waals surface area (Å²) in [6.07, 6.45) is 0.536. The van der Waals surface area contributed by atoms with Gasteiger partial charge in [0.2, 0.25) is 5.69 Å². The third kappa shape index (κ3) is 2.82. The van der Waals surface area contributed by atoms with Crippen molar-refractivity contribution in [2.75, 3.05) is 0 Å². The summed E-state index contributed by atoms with van der Waals surface area (Å²) in [7, 11) is 2.01. The first-order valence-corrected chi connectivity index (χ1v) is 10.1. The van der Waals surface area contributed by atoms with Crippen LogP contribution in [0.5, 0.6) is 0 Å². The maximum absolute atomic E-state index is 8.62. The van der Waals surface area contributed by atoms with Crippen molar-refractivity contribution in [1.82, 2.24) is 0 Å². The Bertz CT molecular complexity index is 1460. The van der Waals surface area contributed by atoms with Crippen LogP contribution in [0, 0.1) is 12.8 Å². The maximum atomic E-state index is 8.62. The molecule has 0 aliphatic carbocycles. The summed E-state index contributed by atoms with van der Waals surface area (Å²) in [6.45, 7) is 5.98. The average molecular weight is 383 g/mol. The van der Waals surface area contributed by atoms with Crippen molar-refractivity contribution in [2.24, 2.45) is 13.0 Å². The molecule has 0 atom stereocenters. The number of aryl methyl sites for hydroxylation is 2. The Balaban J connectivity index is 1.95. The molecule has 5 rings (SSSR count). The smallest absolute Gasteiger partial charge is 0.216 e. The summed E-state index contributed by atoms with van der Waals surface area (Å²) in [5.74, 6) is -0.128. The van der Waals surface area contributed by atoms with E-state index in [1.165, 1.54) is 10.8 Å². The lowest BCUT2D eigenvalue weighted by atomic mass is 9.92.